The highest BCUT2D eigenvalue weighted by Crippen LogP contribution is 2.50. The van der Waals surface area contributed by atoms with Crippen LogP contribution in [0.5, 0.6) is 0 Å². The Morgan fingerprint density at radius 2 is 1.20 bits per heavy atom. The Kier molecular flexibility index (Phi) is 13.1. The molecule has 0 aromatic heterocycles. The summed E-state index contributed by atoms with van der Waals surface area (Å²) in [6.45, 7) is 18.1. The van der Waals surface area contributed by atoms with E-state index in [4.69, 9.17) is 9.68 Å². The third-order valence-electron chi connectivity index (χ3n) is 8.32. The van der Waals surface area contributed by atoms with Gasteiger partial charge in [-0.25, -0.2) is 0 Å². The highest BCUT2D eigenvalue weighted by molar-refractivity contribution is 7.86. The van der Waals surface area contributed by atoms with Gasteiger partial charge in [-0.3, -0.25) is 18.7 Å². The second kappa shape index (κ2) is 16.1. The van der Waals surface area contributed by atoms with E-state index in [9.17, 15) is 35.5 Å². The van der Waals surface area contributed by atoms with E-state index >= 15 is 0 Å². The standard InChI is InChI=1S/C36H48N2O10S2/c1-9-13-26(37-47-17-11-3)31-24(19-35(5,6)21-28(31)39)23-15-16-30(49(41,42)43)33(34(23)50(44,45)46)25-20-36(7,8)22-29(40)32(25)27(14-10-2)38-48-18-12-4/h11-12,15-16H,3-4,9-10,13-14,17-22H2,1-2,5-8H3,(H,41,42,43)(H,44,45,46). The molecule has 0 amide bonds. The van der Waals surface area contributed by atoms with Gasteiger partial charge in [0.25, 0.3) is 20.2 Å². The zero-order chi connectivity index (χ0) is 37.7. The molecule has 2 aliphatic carbocycles. The molecule has 0 fully saturated rings. The summed E-state index contributed by atoms with van der Waals surface area (Å²) < 4.78 is 75.1. The van der Waals surface area contributed by atoms with Gasteiger partial charge < -0.3 is 9.68 Å². The number of hydrogen-bond donors (Lipinski definition) is 2. The number of ketones is 2. The lowest BCUT2D eigenvalue weighted by molar-refractivity contribution is -0.118. The Morgan fingerprint density at radius 3 is 1.60 bits per heavy atom. The quantitative estimate of drug-likeness (QED) is 0.0580. The van der Waals surface area contributed by atoms with Crippen LogP contribution in [0.4, 0.5) is 0 Å². The Labute approximate surface area is 295 Å². The zero-order valence-electron chi connectivity index (χ0n) is 29.7. The summed E-state index contributed by atoms with van der Waals surface area (Å²) in [5, 5.41) is 8.38. The average molecular weight is 733 g/mol. The van der Waals surface area contributed by atoms with Gasteiger partial charge in [-0.2, -0.15) is 16.8 Å². The first-order valence-corrected chi connectivity index (χ1v) is 19.4. The molecule has 2 N–H and O–H groups in total. The van der Waals surface area contributed by atoms with Crippen LogP contribution in [0.1, 0.15) is 104 Å². The van der Waals surface area contributed by atoms with Crippen LogP contribution in [0.15, 0.2) is 68.7 Å². The maximum Gasteiger partial charge on any atom is 0.295 e. The van der Waals surface area contributed by atoms with E-state index in [0.717, 1.165) is 12.1 Å². The molecule has 0 unspecified atom stereocenters. The Hall–Kier alpha value is -3.72. The van der Waals surface area contributed by atoms with Crippen molar-refractivity contribution < 1.29 is 45.2 Å². The molecule has 0 saturated carbocycles. The predicted molar refractivity (Wildman–Crippen MR) is 193 cm³/mol. The Morgan fingerprint density at radius 1 is 0.760 bits per heavy atom. The number of carbonyl (C=O) groups is 2. The van der Waals surface area contributed by atoms with Gasteiger partial charge >= 0.3 is 0 Å². The summed E-state index contributed by atoms with van der Waals surface area (Å²) in [6, 6.07) is 2.18. The minimum atomic E-state index is -5.35. The van der Waals surface area contributed by atoms with Crippen molar-refractivity contribution in [2.75, 3.05) is 13.2 Å². The van der Waals surface area contributed by atoms with Gasteiger partial charge in [0.1, 0.15) is 23.0 Å². The first-order chi connectivity index (χ1) is 23.2. The van der Waals surface area contributed by atoms with Crippen LogP contribution in [-0.2, 0) is 39.5 Å². The van der Waals surface area contributed by atoms with Crippen LogP contribution < -0.4 is 0 Å². The maximum atomic E-state index is 14.0. The molecule has 50 heavy (non-hydrogen) atoms. The van der Waals surface area contributed by atoms with Crippen LogP contribution >= 0.6 is 0 Å². The molecule has 2 aliphatic rings. The van der Waals surface area contributed by atoms with Gasteiger partial charge in [0.15, 0.2) is 11.6 Å². The van der Waals surface area contributed by atoms with Crippen LogP contribution in [0.3, 0.4) is 0 Å². The average Bonchev–Trinajstić information content (AvgIpc) is 2.97. The molecule has 0 spiro atoms. The number of hydrogen-bond acceptors (Lipinski definition) is 10. The molecule has 1 aromatic carbocycles. The van der Waals surface area contributed by atoms with Crippen LogP contribution in [0, 0.1) is 10.8 Å². The number of allylic oxidation sites excluding steroid dienone is 4. The number of benzene rings is 1. The molecular weight excluding hydrogens is 685 g/mol. The first kappa shape index (κ1) is 40.7. The second-order valence-corrected chi connectivity index (χ2v) is 16.8. The number of nitrogens with zero attached hydrogens (tertiary/aromatic N) is 2. The van der Waals surface area contributed by atoms with Crippen molar-refractivity contribution in [2.24, 2.45) is 21.1 Å². The molecule has 1 aromatic rings. The van der Waals surface area contributed by atoms with Gasteiger partial charge in [-0.05, 0) is 53.7 Å². The van der Waals surface area contributed by atoms with E-state index in [1.807, 2.05) is 27.7 Å². The van der Waals surface area contributed by atoms with Gasteiger partial charge in [0.05, 0.1) is 11.4 Å². The molecule has 14 heteroatoms. The fraction of sp³-hybridized carbons (Fsp3) is 0.500. The summed E-state index contributed by atoms with van der Waals surface area (Å²) in [6.07, 6.45) is 4.61. The topological polar surface area (TPSA) is 186 Å². The smallest absolute Gasteiger partial charge is 0.295 e. The third-order valence-corrected chi connectivity index (χ3v) is 10.2. The van der Waals surface area contributed by atoms with Crippen molar-refractivity contribution in [1.29, 1.82) is 0 Å². The molecule has 0 heterocycles. The summed E-state index contributed by atoms with van der Waals surface area (Å²) in [4.78, 5) is 37.0. The molecule has 0 saturated heterocycles. The minimum Gasteiger partial charge on any atom is -0.391 e. The highest BCUT2D eigenvalue weighted by Gasteiger charge is 2.43. The molecule has 3 rings (SSSR count). The molecule has 274 valence electrons. The van der Waals surface area contributed by atoms with E-state index in [1.54, 1.807) is 13.8 Å². The number of Topliss-reactive ketones (excluding diaryl/α,β-unsaturated/α-hetero) is 2. The van der Waals surface area contributed by atoms with Gasteiger partial charge in [-0.1, -0.05) is 96.1 Å². The van der Waals surface area contributed by atoms with E-state index < -0.39 is 52.2 Å². The second-order valence-electron chi connectivity index (χ2n) is 14.1. The van der Waals surface area contributed by atoms with E-state index in [1.165, 1.54) is 12.2 Å². The predicted octanol–water partition coefficient (Wildman–Crippen LogP) is 7.18. The minimum absolute atomic E-state index is 0.00353. The van der Waals surface area contributed by atoms with Crippen molar-refractivity contribution in [3.63, 3.8) is 0 Å². The van der Waals surface area contributed by atoms with Crippen molar-refractivity contribution >= 4 is 54.4 Å². The van der Waals surface area contributed by atoms with Crippen molar-refractivity contribution in [2.45, 2.75) is 103 Å². The molecule has 12 nitrogen and oxygen atoms in total. The normalized spacial score (nSPS) is 18.7. The molecule has 0 radical (unpaired) electrons. The van der Waals surface area contributed by atoms with E-state index in [2.05, 4.69) is 23.5 Å². The van der Waals surface area contributed by atoms with E-state index in [0.29, 0.717) is 12.8 Å². The molecule has 0 aliphatic heterocycles. The van der Waals surface area contributed by atoms with Crippen molar-refractivity contribution in [3.05, 3.63) is 59.7 Å². The van der Waals surface area contributed by atoms with Gasteiger partial charge in [0.2, 0.25) is 0 Å². The van der Waals surface area contributed by atoms with Gasteiger partial charge in [-0.15, -0.1) is 0 Å². The fourth-order valence-corrected chi connectivity index (χ4v) is 8.32. The zero-order valence-corrected chi connectivity index (χ0v) is 31.3. The van der Waals surface area contributed by atoms with Crippen LogP contribution in [-0.4, -0.2) is 62.1 Å². The summed E-state index contributed by atoms with van der Waals surface area (Å²) in [5.74, 6) is -0.804. The lowest BCUT2D eigenvalue weighted by atomic mass is 9.69. The lowest BCUT2D eigenvalue weighted by Crippen LogP contribution is -2.31. The number of oxime groups is 2. The first-order valence-electron chi connectivity index (χ1n) is 16.5. The summed E-state index contributed by atoms with van der Waals surface area (Å²) in [7, 11) is -10.5. The molecule has 0 atom stereocenters. The summed E-state index contributed by atoms with van der Waals surface area (Å²) in [5.41, 5.74) is -1.69. The Balaban J connectivity index is 2.72. The molecule has 0 bridgehead atoms. The third kappa shape index (κ3) is 9.53. The van der Waals surface area contributed by atoms with Gasteiger partial charge in [0, 0.05) is 35.1 Å². The van der Waals surface area contributed by atoms with E-state index in [-0.39, 0.29) is 96.8 Å². The SMILES string of the molecule is C=CCON=C(CCC)C1=C(c2ccc(S(=O)(=O)O)c(C3=C(C(CCC)=NOCC=C)C(=O)CC(C)(C)C3)c2S(=O)(=O)O)CC(C)(C)CC1=O. The Bertz CT molecular complexity index is 1900. The van der Waals surface area contributed by atoms with Crippen molar-refractivity contribution in [3.8, 4) is 0 Å². The largest absolute Gasteiger partial charge is 0.391 e. The highest BCUT2D eigenvalue weighted by atomic mass is 32.2. The lowest BCUT2D eigenvalue weighted by Gasteiger charge is -2.35. The fourth-order valence-electron chi connectivity index (χ4n) is 6.57. The monoisotopic (exact) mass is 732 g/mol. The summed E-state index contributed by atoms with van der Waals surface area (Å²) >= 11 is 0. The molecular formula is C36H48N2O10S2. The van der Waals surface area contributed by atoms with Crippen LogP contribution in [0.25, 0.3) is 11.1 Å². The number of carbonyl (C=O) groups excluding carboxylic acids is 2. The maximum absolute atomic E-state index is 14.0. The number of rotatable bonds is 16. The van der Waals surface area contributed by atoms with Crippen molar-refractivity contribution in [1.82, 2.24) is 0 Å². The van der Waals surface area contributed by atoms with Crippen LogP contribution in [0.2, 0.25) is 0 Å².